The van der Waals surface area contributed by atoms with Crippen LogP contribution in [0.25, 0.3) is 0 Å². The highest BCUT2D eigenvalue weighted by molar-refractivity contribution is 7.88. The zero-order chi connectivity index (χ0) is 22.0. The minimum atomic E-state index is -3.30. The van der Waals surface area contributed by atoms with Gasteiger partial charge in [-0.15, -0.1) is 10.2 Å². The van der Waals surface area contributed by atoms with E-state index in [1.807, 2.05) is 31.3 Å². The van der Waals surface area contributed by atoms with Crippen molar-refractivity contribution in [2.24, 2.45) is 0 Å². The SMILES string of the molecule is CN(C)c1ncccc1CN1CCC(c2nnc(C3CCCCN3S(C)(=O)=O)o2)CC1. The summed E-state index contributed by atoms with van der Waals surface area (Å²) in [5.74, 6) is 2.31. The van der Waals surface area contributed by atoms with Crippen LogP contribution in [0, 0.1) is 0 Å². The number of hydrogen-bond acceptors (Lipinski definition) is 8. The van der Waals surface area contributed by atoms with Gasteiger partial charge < -0.3 is 9.32 Å². The lowest BCUT2D eigenvalue weighted by atomic mass is 9.96. The van der Waals surface area contributed by atoms with E-state index in [4.69, 9.17) is 4.42 Å². The molecule has 2 aliphatic heterocycles. The summed E-state index contributed by atoms with van der Waals surface area (Å²) in [5.41, 5.74) is 1.23. The van der Waals surface area contributed by atoms with Crippen molar-refractivity contribution in [3.63, 3.8) is 0 Å². The van der Waals surface area contributed by atoms with Gasteiger partial charge in [0, 0.05) is 44.9 Å². The first-order chi connectivity index (χ1) is 14.8. The first-order valence-corrected chi connectivity index (χ1v) is 12.8. The molecule has 2 aliphatic rings. The van der Waals surface area contributed by atoms with Crippen LogP contribution in [0.1, 0.15) is 61.4 Å². The molecule has 4 rings (SSSR count). The fraction of sp³-hybridized carbons (Fsp3) is 0.667. The Hall–Kier alpha value is -2.04. The molecule has 0 aliphatic carbocycles. The predicted molar refractivity (Wildman–Crippen MR) is 118 cm³/mol. The van der Waals surface area contributed by atoms with Gasteiger partial charge in [0.05, 0.1) is 6.26 Å². The van der Waals surface area contributed by atoms with Crippen LogP contribution < -0.4 is 4.90 Å². The van der Waals surface area contributed by atoms with E-state index < -0.39 is 10.0 Å². The van der Waals surface area contributed by atoms with Gasteiger partial charge in [-0.1, -0.05) is 12.5 Å². The second-order valence-electron chi connectivity index (χ2n) is 8.79. The Labute approximate surface area is 184 Å². The third kappa shape index (κ3) is 5.07. The van der Waals surface area contributed by atoms with Crippen molar-refractivity contribution < 1.29 is 12.8 Å². The van der Waals surface area contributed by atoms with Gasteiger partial charge in [0.2, 0.25) is 21.8 Å². The molecule has 2 saturated heterocycles. The molecule has 0 saturated carbocycles. The summed E-state index contributed by atoms with van der Waals surface area (Å²) < 4.78 is 31.8. The van der Waals surface area contributed by atoms with Crippen molar-refractivity contribution in [2.75, 3.05) is 44.9 Å². The van der Waals surface area contributed by atoms with E-state index in [-0.39, 0.29) is 12.0 Å². The molecule has 2 aromatic rings. The maximum Gasteiger partial charge on any atom is 0.234 e. The highest BCUT2D eigenvalue weighted by Gasteiger charge is 2.35. The molecule has 2 fully saturated rings. The van der Waals surface area contributed by atoms with Gasteiger partial charge in [-0.2, -0.15) is 4.31 Å². The Bertz CT molecular complexity index is 985. The molecule has 31 heavy (non-hydrogen) atoms. The van der Waals surface area contributed by atoms with Crippen molar-refractivity contribution in [2.45, 2.75) is 50.6 Å². The summed E-state index contributed by atoms with van der Waals surface area (Å²) in [6.45, 7) is 3.28. The molecule has 0 radical (unpaired) electrons. The van der Waals surface area contributed by atoms with E-state index in [9.17, 15) is 8.42 Å². The van der Waals surface area contributed by atoms with Crippen LogP contribution in [0.15, 0.2) is 22.7 Å². The molecule has 170 valence electrons. The summed E-state index contributed by atoms with van der Waals surface area (Å²) >= 11 is 0. The average Bonchev–Trinajstić information content (AvgIpc) is 3.24. The van der Waals surface area contributed by atoms with Crippen molar-refractivity contribution in [1.82, 2.24) is 24.4 Å². The number of sulfonamides is 1. The minimum Gasteiger partial charge on any atom is -0.423 e. The van der Waals surface area contributed by atoms with Crippen LogP contribution in [-0.4, -0.2) is 72.8 Å². The standard InChI is InChI=1S/C21H32N6O3S/c1-25(2)19-17(7-6-11-22-19)15-26-13-9-16(10-14-26)20-23-24-21(30-20)18-8-4-5-12-27(18)31(3,28)29/h6-7,11,16,18H,4-5,8-10,12-15H2,1-3H3. The van der Waals surface area contributed by atoms with Gasteiger partial charge >= 0.3 is 0 Å². The zero-order valence-electron chi connectivity index (χ0n) is 18.6. The number of pyridine rings is 1. The summed E-state index contributed by atoms with van der Waals surface area (Å²) in [4.78, 5) is 8.98. The molecule has 10 heteroatoms. The third-order valence-corrected chi connectivity index (χ3v) is 7.53. The first kappa shape index (κ1) is 22.2. The van der Waals surface area contributed by atoms with Crippen molar-refractivity contribution in [1.29, 1.82) is 0 Å². The maximum atomic E-state index is 12.2. The van der Waals surface area contributed by atoms with Gasteiger partial charge in [-0.05, 0) is 44.8 Å². The van der Waals surface area contributed by atoms with E-state index in [0.29, 0.717) is 18.3 Å². The molecule has 9 nitrogen and oxygen atoms in total. The molecule has 2 aromatic heterocycles. The molecule has 0 N–H and O–H groups in total. The Morgan fingerprint density at radius 1 is 1.10 bits per heavy atom. The number of aromatic nitrogens is 3. The molecule has 0 bridgehead atoms. The van der Waals surface area contributed by atoms with Crippen LogP contribution >= 0.6 is 0 Å². The summed E-state index contributed by atoms with van der Waals surface area (Å²) in [5, 5.41) is 8.55. The lowest BCUT2D eigenvalue weighted by molar-refractivity contribution is 0.184. The van der Waals surface area contributed by atoms with Crippen molar-refractivity contribution >= 4 is 15.8 Å². The van der Waals surface area contributed by atoms with E-state index in [1.54, 1.807) is 0 Å². The van der Waals surface area contributed by atoms with Crippen LogP contribution in [0.4, 0.5) is 5.82 Å². The summed E-state index contributed by atoms with van der Waals surface area (Å²) in [6, 6.07) is 3.79. The van der Waals surface area contributed by atoms with Crippen molar-refractivity contribution in [3.8, 4) is 0 Å². The molecule has 0 amide bonds. The maximum absolute atomic E-state index is 12.2. The van der Waals surface area contributed by atoms with Crippen LogP contribution in [0.5, 0.6) is 0 Å². The number of rotatable bonds is 6. The fourth-order valence-electron chi connectivity index (χ4n) is 4.63. The van der Waals surface area contributed by atoms with Crippen LogP contribution in [0.3, 0.4) is 0 Å². The van der Waals surface area contributed by atoms with Gasteiger partial charge in [0.15, 0.2) is 0 Å². The summed E-state index contributed by atoms with van der Waals surface area (Å²) in [6.07, 6.45) is 7.54. The van der Waals surface area contributed by atoms with Gasteiger partial charge in [-0.3, -0.25) is 4.90 Å². The van der Waals surface area contributed by atoms with Gasteiger partial charge in [-0.25, -0.2) is 13.4 Å². The number of anilines is 1. The predicted octanol–water partition coefficient (Wildman–Crippen LogP) is 2.40. The average molecular weight is 449 g/mol. The van der Waals surface area contributed by atoms with E-state index in [0.717, 1.165) is 57.6 Å². The molecule has 0 spiro atoms. The van der Waals surface area contributed by atoms with E-state index in [2.05, 4.69) is 26.1 Å². The molecule has 1 unspecified atom stereocenters. The number of likely N-dealkylation sites (tertiary alicyclic amines) is 1. The third-order valence-electron chi connectivity index (χ3n) is 6.24. The zero-order valence-corrected chi connectivity index (χ0v) is 19.4. The minimum absolute atomic E-state index is 0.218. The summed E-state index contributed by atoms with van der Waals surface area (Å²) in [7, 11) is 0.737. The molecule has 1 atom stereocenters. The Morgan fingerprint density at radius 3 is 2.55 bits per heavy atom. The van der Waals surface area contributed by atoms with Crippen LogP contribution in [0.2, 0.25) is 0 Å². The monoisotopic (exact) mass is 448 g/mol. The number of piperidine rings is 2. The quantitative estimate of drug-likeness (QED) is 0.665. The molecule has 0 aromatic carbocycles. The normalized spacial score (nSPS) is 22.0. The van der Waals surface area contributed by atoms with Gasteiger partial charge in [0.1, 0.15) is 11.9 Å². The van der Waals surface area contributed by atoms with E-state index >= 15 is 0 Å². The van der Waals surface area contributed by atoms with E-state index in [1.165, 1.54) is 16.1 Å². The topological polar surface area (TPSA) is 95.7 Å². The lowest BCUT2D eigenvalue weighted by Gasteiger charge is -2.32. The number of hydrogen-bond donors (Lipinski definition) is 0. The molecular formula is C21H32N6O3S. The van der Waals surface area contributed by atoms with Gasteiger partial charge in [0.25, 0.3) is 0 Å². The van der Waals surface area contributed by atoms with Crippen molar-refractivity contribution in [3.05, 3.63) is 35.7 Å². The first-order valence-electron chi connectivity index (χ1n) is 11.0. The Morgan fingerprint density at radius 2 is 1.84 bits per heavy atom. The van der Waals surface area contributed by atoms with Crippen LogP contribution in [-0.2, 0) is 16.6 Å². The smallest absolute Gasteiger partial charge is 0.234 e. The number of nitrogens with zero attached hydrogens (tertiary/aromatic N) is 6. The molecular weight excluding hydrogens is 416 g/mol. The largest absolute Gasteiger partial charge is 0.423 e. The Kier molecular flexibility index (Phi) is 6.59. The fourth-order valence-corrected chi connectivity index (χ4v) is 5.75. The second kappa shape index (κ2) is 9.22. The lowest BCUT2D eigenvalue weighted by Crippen LogP contribution is -2.37. The molecule has 4 heterocycles. The Balaban J connectivity index is 1.38. The highest BCUT2D eigenvalue weighted by atomic mass is 32.2. The highest BCUT2D eigenvalue weighted by Crippen LogP contribution is 2.34. The second-order valence-corrected chi connectivity index (χ2v) is 10.7.